The second kappa shape index (κ2) is 8.75. The highest BCUT2D eigenvalue weighted by Gasteiger charge is 2.20. The molecule has 0 radical (unpaired) electrons. The Labute approximate surface area is 150 Å². The molecule has 2 rings (SSSR count). The van der Waals surface area contributed by atoms with E-state index in [1.54, 1.807) is 30.3 Å². The Hall–Kier alpha value is -3.22. The van der Waals surface area contributed by atoms with Crippen LogP contribution in [0.3, 0.4) is 0 Å². The first-order chi connectivity index (χ1) is 12.5. The molecule has 0 atom stereocenters. The van der Waals surface area contributed by atoms with Crippen molar-refractivity contribution in [2.45, 2.75) is 6.92 Å². The number of nitrogens with one attached hydrogen (secondary N) is 1. The number of nitrogens with zero attached hydrogens (tertiary/aromatic N) is 1. The number of amides is 2. The van der Waals surface area contributed by atoms with Gasteiger partial charge in [0.2, 0.25) is 5.91 Å². The van der Waals surface area contributed by atoms with Gasteiger partial charge in [0.15, 0.2) is 0 Å². The lowest BCUT2D eigenvalue weighted by molar-refractivity contribution is -0.116. The first kappa shape index (κ1) is 19.1. The van der Waals surface area contributed by atoms with Gasteiger partial charge in [0.1, 0.15) is 5.82 Å². The van der Waals surface area contributed by atoms with Gasteiger partial charge >= 0.3 is 5.97 Å². The minimum Gasteiger partial charge on any atom is -0.465 e. The number of esters is 1. The molecule has 0 aromatic heterocycles. The third-order valence-corrected chi connectivity index (χ3v) is 3.72. The summed E-state index contributed by atoms with van der Waals surface area (Å²) in [6, 6.07) is 12.1. The van der Waals surface area contributed by atoms with Crippen LogP contribution < -0.4 is 10.2 Å². The largest absolute Gasteiger partial charge is 0.465 e. The quantitative estimate of drug-likeness (QED) is 0.805. The highest BCUT2D eigenvalue weighted by Crippen LogP contribution is 2.21. The second-order valence-electron chi connectivity index (χ2n) is 5.42. The zero-order valence-electron chi connectivity index (χ0n) is 14.5. The number of benzene rings is 2. The molecule has 0 aliphatic carbocycles. The van der Waals surface area contributed by atoms with Gasteiger partial charge in [-0.15, -0.1) is 0 Å². The standard InChI is InChI=1S/C19H19FN2O4/c1-13(23)22(17-10-6-4-8-15(17)19(25)26-2)12-11-21-18(24)14-7-3-5-9-16(14)20/h3-10H,11-12H2,1-2H3,(H,21,24). The highest BCUT2D eigenvalue weighted by atomic mass is 19.1. The van der Waals surface area contributed by atoms with Crippen molar-refractivity contribution in [2.75, 3.05) is 25.1 Å². The van der Waals surface area contributed by atoms with E-state index in [1.807, 2.05) is 0 Å². The Morgan fingerprint density at radius 3 is 2.27 bits per heavy atom. The van der Waals surface area contributed by atoms with Crippen LogP contribution >= 0.6 is 0 Å². The smallest absolute Gasteiger partial charge is 0.339 e. The molecule has 7 heteroatoms. The molecule has 0 spiro atoms. The lowest BCUT2D eigenvalue weighted by Crippen LogP contribution is -2.38. The maximum atomic E-state index is 13.6. The molecule has 0 aliphatic rings. The minimum atomic E-state index is -0.621. The van der Waals surface area contributed by atoms with Crippen LogP contribution in [0.5, 0.6) is 0 Å². The summed E-state index contributed by atoms with van der Waals surface area (Å²) in [5.41, 5.74) is 0.550. The van der Waals surface area contributed by atoms with Crippen molar-refractivity contribution >= 4 is 23.5 Å². The Balaban J connectivity index is 2.11. The van der Waals surface area contributed by atoms with Crippen LogP contribution in [0.15, 0.2) is 48.5 Å². The summed E-state index contributed by atoms with van der Waals surface area (Å²) < 4.78 is 18.4. The topological polar surface area (TPSA) is 75.7 Å². The summed E-state index contributed by atoms with van der Waals surface area (Å²) in [6.07, 6.45) is 0. The summed E-state index contributed by atoms with van der Waals surface area (Å²) >= 11 is 0. The van der Waals surface area contributed by atoms with Crippen LogP contribution in [0, 0.1) is 5.82 Å². The molecule has 26 heavy (non-hydrogen) atoms. The molecular formula is C19H19FN2O4. The zero-order chi connectivity index (χ0) is 19.1. The van der Waals surface area contributed by atoms with Crippen molar-refractivity contribution in [3.05, 3.63) is 65.5 Å². The molecule has 0 bridgehead atoms. The molecule has 0 saturated carbocycles. The SMILES string of the molecule is COC(=O)c1ccccc1N(CCNC(=O)c1ccccc1F)C(C)=O. The Bertz CT molecular complexity index is 823. The minimum absolute atomic E-state index is 0.0724. The number of carbonyl (C=O) groups is 3. The van der Waals surface area contributed by atoms with Gasteiger partial charge in [-0.1, -0.05) is 24.3 Å². The summed E-state index contributed by atoms with van der Waals surface area (Å²) in [5, 5.41) is 2.57. The van der Waals surface area contributed by atoms with Gasteiger partial charge in [-0.3, -0.25) is 9.59 Å². The van der Waals surface area contributed by atoms with Gasteiger partial charge < -0.3 is 15.0 Å². The van der Waals surface area contributed by atoms with Gasteiger partial charge in [0, 0.05) is 20.0 Å². The number of carbonyl (C=O) groups excluding carboxylic acids is 3. The molecule has 1 N–H and O–H groups in total. The summed E-state index contributed by atoms with van der Waals surface area (Å²) in [6.45, 7) is 1.55. The number of anilines is 1. The molecule has 0 unspecified atom stereocenters. The number of halogens is 1. The van der Waals surface area contributed by atoms with Crippen molar-refractivity contribution < 1.29 is 23.5 Å². The predicted octanol–water partition coefficient (Wildman–Crippen LogP) is 2.40. The Morgan fingerprint density at radius 2 is 1.65 bits per heavy atom. The van der Waals surface area contributed by atoms with E-state index in [0.29, 0.717) is 5.69 Å². The fourth-order valence-electron chi connectivity index (χ4n) is 2.46. The van der Waals surface area contributed by atoms with Crippen LogP contribution in [0.2, 0.25) is 0 Å². The van der Waals surface area contributed by atoms with Gasteiger partial charge in [0.05, 0.1) is 23.9 Å². The van der Waals surface area contributed by atoms with E-state index in [0.717, 1.165) is 0 Å². The number of methoxy groups -OCH3 is 1. The van der Waals surface area contributed by atoms with E-state index in [9.17, 15) is 18.8 Å². The molecule has 0 aliphatic heterocycles. The van der Waals surface area contributed by atoms with Gasteiger partial charge in [-0.2, -0.15) is 0 Å². The first-order valence-corrected chi connectivity index (χ1v) is 7.94. The van der Waals surface area contributed by atoms with E-state index < -0.39 is 17.7 Å². The van der Waals surface area contributed by atoms with Gasteiger partial charge in [-0.25, -0.2) is 9.18 Å². The zero-order valence-corrected chi connectivity index (χ0v) is 14.5. The molecule has 6 nitrogen and oxygen atoms in total. The van der Waals surface area contributed by atoms with Crippen LogP contribution in [-0.2, 0) is 9.53 Å². The van der Waals surface area contributed by atoms with E-state index in [1.165, 1.54) is 37.1 Å². The van der Waals surface area contributed by atoms with Crippen LogP contribution in [-0.4, -0.2) is 38.0 Å². The fraction of sp³-hybridized carbons (Fsp3) is 0.211. The lowest BCUT2D eigenvalue weighted by Gasteiger charge is -2.23. The van der Waals surface area contributed by atoms with E-state index in [2.05, 4.69) is 5.32 Å². The van der Waals surface area contributed by atoms with E-state index >= 15 is 0 Å². The van der Waals surface area contributed by atoms with Crippen molar-refractivity contribution in [2.24, 2.45) is 0 Å². The predicted molar refractivity (Wildman–Crippen MR) is 94.5 cm³/mol. The maximum absolute atomic E-state index is 13.6. The molecule has 136 valence electrons. The van der Waals surface area contributed by atoms with Crippen molar-refractivity contribution in [1.29, 1.82) is 0 Å². The number of para-hydroxylation sites is 1. The number of rotatable bonds is 6. The van der Waals surface area contributed by atoms with Crippen molar-refractivity contribution in [3.8, 4) is 0 Å². The average molecular weight is 358 g/mol. The molecule has 0 fully saturated rings. The van der Waals surface area contributed by atoms with Crippen LogP contribution in [0.25, 0.3) is 0 Å². The van der Waals surface area contributed by atoms with Crippen LogP contribution in [0.1, 0.15) is 27.6 Å². The number of ether oxygens (including phenoxy) is 1. The second-order valence-corrected chi connectivity index (χ2v) is 5.42. The van der Waals surface area contributed by atoms with Crippen molar-refractivity contribution in [3.63, 3.8) is 0 Å². The fourth-order valence-corrected chi connectivity index (χ4v) is 2.46. The maximum Gasteiger partial charge on any atom is 0.339 e. The number of hydrogen-bond donors (Lipinski definition) is 1. The van der Waals surface area contributed by atoms with Gasteiger partial charge in [-0.05, 0) is 24.3 Å². The summed E-state index contributed by atoms with van der Waals surface area (Å²) in [7, 11) is 1.26. The van der Waals surface area contributed by atoms with Crippen LogP contribution in [0.4, 0.5) is 10.1 Å². The summed E-state index contributed by atoms with van der Waals surface area (Å²) in [5.74, 6) is -2.07. The van der Waals surface area contributed by atoms with Crippen molar-refractivity contribution in [1.82, 2.24) is 5.32 Å². The van der Waals surface area contributed by atoms with E-state index in [4.69, 9.17) is 4.74 Å². The molecule has 2 amide bonds. The average Bonchev–Trinajstić information content (AvgIpc) is 2.64. The molecule has 0 heterocycles. The third-order valence-electron chi connectivity index (χ3n) is 3.72. The summed E-state index contributed by atoms with van der Waals surface area (Å²) in [4.78, 5) is 37.3. The molecular weight excluding hydrogens is 339 g/mol. The first-order valence-electron chi connectivity index (χ1n) is 7.94. The monoisotopic (exact) mass is 358 g/mol. The van der Waals surface area contributed by atoms with E-state index in [-0.39, 0.29) is 30.1 Å². The lowest BCUT2D eigenvalue weighted by atomic mass is 10.1. The third kappa shape index (κ3) is 4.44. The highest BCUT2D eigenvalue weighted by molar-refractivity contribution is 6.02. The molecule has 2 aromatic rings. The number of hydrogen-bond acceptors (Lipinski definition) is 4. The Morgan fingerprint density at radius 1 is 1.04 bits per heavy atom. The normalized spacial score (nSPS) is 10.1. The molecule has 0 saturated heterocycles. The van der Waals surface area contributed by atoms with Gasteiger partial charge in [0.25, 0.3) is 5.91 Å². The Kier molecular flexibility index (Phi) is 6.43. The molecule has 2 aromatic carbocycles.